The third kappa shape index (κ3) is 6.71. The summed E-state index contributed by atoms with van der Waals surface area (Å²) in [5.41, 5.74) is 1.32. The predicted molar refractivity (Wildman–Crippen MR) is 146 cm³/mol. The number of benzene rings is 4. The highest BCUT2D eigenvalue weighted by Crippen LogP contribution is 2.37. The van der Waals surface area contributed by atoms with Crippen LogP contribution in [0.3, 0.4) is 0 Å². The SMILES string of the molecule is O=C(O)c1cc(NC(=O)C(Sc2ccc(NS(=O)(=O)c3ccccc3)cc2)c2ccccc2)ccc1Cl. The van der Waals surface area contributed by atoms with E-state index in [-0.39, 0.29) is 21.4 Å². The fourth-order valence-corrected chi connectivity index (χ4v) is 5.73. The summed E-state index contributed by atoms with van der Waals surface area (Å²) in [4.78, 5) is 25.6. The van der Waals surface area contributed by atoms with Crippen molar-refractivity contribution in [1.29, 1.82) is 0 Å². The van der Waals surface area contributed by atoms with Crippen LogP contribution in [-0.4, -0.2) is 25.4 Å². The molecule has 1 atom stereocenters. The number of carboxylic acids is 1. The third-order valence-electron chi connectivity index (χ3n) is 5.22. The van der Waals surface area contributed by atoms with Gasteiger partial charge < -0.3 is 10.4 Å². The normalized spacial score (nSPS) is 11.9. The van der Waals surface area contributed by atoms with Crippen molar-refractivity contribution in [2.45, 2.75) is 15.0 Å². The van der Waals surface area contributed by atoms with E-state index < -0.39 is 21.2 Å². The summed E-state index contributed by atoms with van der Waals surface area (Å²) >= 11 is 7.21. The Kier molecular flexibility index (Phi) is 8.17. The van der Waals surface area contributed by atoms with Gasteiger partial charge in [-0.3, -0.25) is 9.52 Å². The number of anilines is 2. The molecule has 4 rings (SSSR count). The molecule has 0 fully saturated rings. The van der Waals surface area contributed by atoms with E-state index in [2.05, 4.69) is 10.0 Å². The van der Waals surface area contributed by atoms with Gasteiger partial charge in [0.2, 0.25) is 5.91 Å². The van der Waals surface area contributed by atoms with E-state index in [1.165, 1.54) is 42.1 Å². The van der Waals surface area contributed by atoms with E-state index in [9.17, 15) is 23.1 Å². The Labute approximate surface area is 223 Å². The first kappa shape index (κ1) is 26.3. The standard InChI is InChI=1S/C27H21ClN2O5S2/c28-24-16-13-20(17-23(24)27(32)33)29-26(31)25(18-7-3-1-4-8-18)36-21-14-11-19(12-15-21)30-37(34,35)22-9-5-2-6-10-22/h1-17,25,30H,(H,29,31)(H,32,33). The van der Waals surface area contributed by atoms with E-state index in [1.54, 1.807) is 42.5 Å². The molecule has 0 spiro atoms. The van der Waals surface area contributed by atoms with Gasteiger partial charge in [-0.2, -0.15) is 0 Å². The van der Waals surface area contributed by atoms with Crippen LogP contribution in [-0.2, 0) is 14.8 Å². The Morgan fingerprint density at radius 1 is 0.811 bits per heavy atom. The zero-order valence-electron chi connectivity index (χ0n) is 19.2. The monoisotopic (exact) mass is 552 g/mol. The van der Waals surface area contributed by atoms with E-state index in [1.807, 2.05) is 30.3 Å². The number of hydrogen-bond donors (Lipinski definition) is 3. The molecule has 3 N–H and O–H groups in total. The topological polar surface area (TPSA) is 113 Å². The van der Waals surface area contributed by atoms with Crippen LogP contribution in [0.25, 0.3) is 0 Å². The van der Waals surface area contributed by atoms with E-state index >= 15 is 0 Å². The van der Waals surface area contributed by atoms with Crippen LogP contribution in [0.1, 0.15) is 21.2 Å². The van der Waals surface area contributed by atoms with Gasteiger partial charge in [-0.15, -0.1) is 11.8 Å². The molecule has 0 saturated carbocycles. The summed E-state index contributed by atoms with van der Waals surface area (Å²) < 4.78 is 27.7. The van der Waals surface area contributed by atoms with Crippen molar-refractivity contribution in [2.75, 3.05) is 10.0 Å². The number of rotatable bonds is 9. The van der Waals surface area contributed by atoms with Crippen molar-refractivity contribution in [1.82, 2.24) is 0 Å². The smallest absolute Gasteiger partial charge is 0.337 e. The van der Waals surface area contributed by atoms with E-state index in [0.717, 1.165) is 10.5 Å². The van der Waals surface area contributed by atoms with Crippen LogP contribution >= 0.6 is 23.4 Å². The molecule has 188 valence electrons. The molecule has 0 heterocycles. The van der Waals surface area contributed by atoms with E-state index in [0.29, 0.717) is 11.4 Å². The number of carboxylic acid groups (broad SMARTS) is 1. The Bertz CT molecular complexity index is 1510. The summed E-state index contributed by atoms with van der Waals surface area (Å²) in [5.74, 6) is -1.55. The molecule has 10 heteroatoms. The number of amides is 1. The lowest BCUT2D eigenvalue weighted by molar-refractivity contribution is -0.115. The van der Waals surface area contributed by atoms with Gasteiger partial charge in [-0.1, -0.05) is 60.1 Å². The number of thioether (sulfide) groups is 1. The van der Waals surface area contributed by atoms with Gasteiger partial charge in [0, 0.05) is 16.3 Å². The second-order valence-electron chi connectivity index (χ2n) is 7.84. The molecule has 7 nitrogen and oxygen atoms in total. The maximum Gasteiger partial charge on any atom is 0.337 e. The molecule has 0 radical (unpaired) electrons. The van der Waals surface area contributed by atoms with Crippen molar-refractivity contribution in [2.24, 2.45) is 0 Å². The molecule has 0 saturated heterocycles. The van der Waals surface area contributed by atoms with Crippen molar-refractivity contribution >= 4 is 56.6 Å². The average molecular weight is 553 g/mol. The van der Waals surface area contributed by atoms with Gasteiger partial charge in [0.05, 0.1) is 15.5 Å². The van der Waals surface area contributed by atoms with Crippen LogP contribution in [0.5, 0.6) is 0 Å². The van der Waals surface area contributed by atoms with Crippen molar-refractivity contribution in [3.63, 3.8) is 0 Å². The molecule has 4 aromatic carbocycles. The minimum atomic E-state index is -3.73. The Morgan fingerprint density at radius 2 is 1.41 bits per heavy atom. The lowest BCUT2D eigenvalue weighted by atomic mass is 10.1. The largest absolute Gasteiger partial charge is 0.478 e. The van der Waals surface area contributed by atoms with Gasteiger partial charge in [0.25, 0.3) is 10.0 Å². The second kappa shape index (κ2) is 11.5. The number of sulfonamides is 1. The van der Waals surface area contributed by atoms with Crippen molar-refractivity contribution < 1.29 is 23.1 Å². The van der Waals surface area contributed by atoms with Crippen molar-refractivity contribution in [3.05, 3.63) is 119 Å². The lowest BCUT2D eigenvalue weighted by Crippen LogP contribution is -2.19. The molecule has 1 unspecified atom stereocenters. The molecule has 0 aliphatic carbocycles. The van der Waals surface area contributed by atoms with Crippen LogP contribution in [0.4, 0.5) is 11.4 Å². The second-order valence-corrected chi connectivity index (χ2v) is 11.1. The maximum absolute atomic E-state index is 13.3. The summed E-state index contributed by atoms with van der Waals surface area (Å²) in [5, 5.41) is 11.5. The number of nitrogens with one attached hydrogen (secondary N) is 2. The van der Waals surface area contributed by atoms with Gasteiger partial charge in [0.15, 0.2) is 0 Å². The van der Waals surface area contributed by atoms with Gasteiger partial charge in [-0.05, 0) is 60.2 Å². The van der Waals surface area contributed by atoms with Crippen LogP contribution in [0.15, 0.2) is 113 Å². The fraction of sp³-hybridized carbons (Fsp3) is 0.0370. The van der Waals surface area contributed by atoms with Crippen LogP contribution in [0, 0.1) is 0 Å². The lowest BCUT2D eigenvalue weighted by Gasteiger charge is -2.18. The van der Waals surface area contributed by atoms with Gasteiger partial charge in [-0.25, -0.2) is 13.2 Å². The average Bonchev–Trinajstić information content (AvgIpc) is 2.90. The van der Waals surface area contributed by atoms with Crippen LogP contribution in [0.2, 0.25) is 5.02 Å². The highest BCUT2D eigenvalue weighted by molar-refractivity contribution is 8.00. The molecular weight excluding hydrogens is 532 g/mol. The molecule has 37 heavy (non-hydrogen) atoms. The minimum Gasteiger partial charge on any atom is -0.478 e. The molecule has 0 aromatic heterocycles. The minimum absolute atomic E-state index is 0.0717. The zero-order chi connectivity index (χ0) is 26.4. The Morgan fingerprint density at radius 3 is 2.03 bits per heavy atom. The molecule has 0 bridgehead atoms. The fourth-order valence-electron chi connectivity index (χ4n) is 3.43. The number of carbonyl (C=O) groups excluding carboxylic acids is 1. The van der Waals surface area contributed by atoms with Gasteiger partial charge >= 0.3 is 5.97 Å². The highest BCUT2D eigenvalue weighted by Gasteiger charge is 2.23. The first-order valence-corrected chi connectivity index (χ1v) is 13.7. The summed E-state index contributed by atoms with van der Waals surface area (Å²) in [6.07, 6.45) is 0. The summed E-state index contributed by atoms with van der Waals surface area (Å²) in [6, 6.07) is 28.1. The third-order valence-corrected chi connectivity index (χ3v) is 8.21. The van der Waals surface area contributed by atoms with Crippen molar-refractivity contribution in [3.8, 4) is 0 Å². The summed E-state index contributed by atoms with van der Waals surface area (Å²) in [7, 11) is -3.73. The number of hydrogen-bond acceptors (Lipinski definition) is 5. The molecular formula is C27H21ClN2O5S2. The number of halogens is 1. The first-order valence-electron chi connectivity index (χ1n) is 11.0. The van der Waals surface area contributed by atoms with Gasteiger partial charge in [0.1, 0.15) is 5.25 Å². The Balaban J connectivity index is 1.53. The Hall–Kier alpha value is -3.79. The summed E-state index contributed by atoms with van der Waals surface area (Å²) in [6.45, 7) is 0. The quantitative estimate of drug-likeness (QED) is 0.210. The first-order chi connectivity index (χ1) is 17.7. The van der Waals surface area contributed by atoms with E-state index in [4.69, 9.17) is 11.6 Å². The number of aromatic carboxylic acids is 1. The molecule has 0 aliphatic rings. The zero-order valence-corrected chi connectivity index (χ0v) is 21.6. The molecule has 1 amide bonds. The number of carbonyl (C=O) groups is 2. The van der Waals surface area contributed by atoms with Crippen LogP contribution < -0.4 is 10.0 Å². The predicted octanol–water partition coefficient (Wildman–Crippen LogP) is 6.31. The molecule has 4 aromatic rings. The maximum atomic E-state index is 13.3. The molecule has 0 aliphatic heterocycles. The highest BCUT2D eigenvalue weighted by atomic mass is 35.5.